The maximum atomic E-state index is 14.3. The van der Waals surface area contributed by atoms with Gasteiger partial charge >= 0.3 is 0 Å². The Balaban J connectivity index is 1.85. The molecule has 6 heteroatoms. The highest BCUT2D eigenvalue weighted by atomic mass is 16.5. The summed E-state index contributed by atoms with van der Waals surface area (Å²) in [6.07, 6.45) is 6.99. The molecule has 0 radical (unpaired) electrons. The van der Waals surface area contributed by atoms with Crippen molar-refractivity contribution >= 4 is 11.7 Å². The first-order chi connectivity index (χ1) is 16.6. The van der Waals surface area contributed by atoms with Gasteiger partial charge in [-0.2, -0.15) is 0 Å². The second-order valence-electron chi connectivity index (χ2n) is 11.1. The summed E-state index contributed by atoms with van der Waals surface area (Å²) >= 11 is 0. The van der Waals surface area contributed by atoms with Gasteiger partial charge < -0.3 is 20.3 Å². The lowest BCUT2D eigenvalue weighted by molar-refractivity contribution is -0.152. The lowest BCUT2D eigenvalue weighted by Gasteiger charge is -2.45. The van der Waals surface area contributed by atoms with E-state index in [2.05, 4.69) is 12.2 Å². The van der Waals surface area contributed by atoms with Gasteiger partial charge in [0, 0.05) is 31.4 Å². The van der Waals surface area contributed by atoms with Crippen molar-refractivity contribution in [3.63, 3.8) is 0 Å². The highest BCUT2D eigenvalue weighted by Gasteiger charge is 2.65. The zero-order valence-corrected chi connectivity index (χ0v) is 21.2. The van der Waals surface area contributed by atoms with Crippen LogP contribution in [0, 0.1) is 29.1 Å². The molecule has 1 saturated heterocycles. The van der Waals surface area contributed by atoms with E-state index in [4.69, 9.17) is 4.74 Å². The standard InChI is InChI=1S/C29H39NO5/c1-18-9-8-12-22-14-21(17-31)19(2)26-23(13-20-10-6-5-7-11-20)30-27(33)29(22,26)24(32)15-25(35-4)28(3,34)16-18/h5-8,10-12,14,18-19,22-23,25-26,31,34H,9,13,15-17H2,1-4H3,(H,30,33)/b12-8+/t18-,19+,22-,23-,25+,26-,28-,29+/m1/s1. The summed E-state index contributed by atoms with van der Waals surface area (Å²) in [5.74, 6) is -1.24. The maximum Gasteiger partial charge on any atom is 0.235 e. The van der Waals surface area contributed by atoms with Crippen LogP contribution in [-0.4, -0.2) is 53.4 Å². The van der Waals surface area contributed by atoms with Crippen LogP contribution in [0.25, 0.3) is 0 Å². The predicted octanol–water partition coefficient (Wildman–Crippen LogP) is 3.23. The van der Waals surface area contributed by atoms with Crippen LogP contribution >= 0.6 is 0 Å². The number of carbonyl (C=O) groups is 2. The van der Waals surface area contributed by atoms with Crippen molar-refractivity contribution in [1.82, 2.24) is 5.32 Å². The Bertz CT molecular complexity index is 1000. The van der Waals surface area contributed by atoms with Crippen molar-refractivity contribution < 1.29 is 24.5 Å². The molecule has 3 N–H and O–H groups in total. The number of Topliss-reactive ketones (excluding diaryl/α,β-unsaturated/α-hetero) is 1. The molecular formula is C29H39NO5. The fraction of sp³-hybridized carbons (Fsp3) is 0.586. The molecule has 0 aromatic heterocycles. The first-order valence-corrected chi connectivity index (χ1v) is 12.8. The normalized spacial score (nSPS) is 40.7. The number of hydrogen-bond acceptors (Lipinski definition) is 5. The monoisotopic (exact) mass is 481 g/mol. The Morgan fingerprint density at radius 3 is 2.54 bits per heavy atom. The van der Waals surface area contributed by atoms with Crippen LogP contribution < -0.4 is 5.32 Å². The van der Waals surface area contributed by atoms with E-state index >= 15 is 0 Å². The molecule has 1 amide bonds. The van der Waals surface area contributed by atoms with E-state index in [9.17, 15) is 19.8 Å². The number of carbonyl (C=O) groups excluding carboxylic acids is 2. The Kier molecular flexibility index (Phi) is 7.37. The number of rotatable bonds is 4. The topological polar surface area (TPSA) is 95.9 Å². The molecule has 1 fully saturated rings. The average Bonchev–Trinajstić information content (AvgIpc) is 3.11. The fourth-order valence-electron chi connectivity index (χ4n) is 6.93. The third-order valence-corrected chi connectivity index (χ3v) is 8.63. The molecular weight excluding hydrogens is 442 g/mol. The number of ketones is 1. The second kappa shape index (κ2) is 10.00. The average molecular weight is 482 g/mol. The number of nitrogens with one attached hydrogen (secondary N) is 1. The van der Waals surface area contributed by atoms with Gasteiger partial charge in [0.1, 0.15) is 5.41 Å². The summed E-state index contributed by atoms with van der Waals surface area (Å²) < 4.78 is 5.67. The van der Waals surface area contributed by atoms with Crippen LogP contribution in [0.3, 0.4) is 0 Å². The van der Waals surface area contributed by atoms with Crippen LogP contribution in [0.4, 0.5) is 0 Å². The van der Waals surface area contributed by atoms with Crippen molar-refractivity contribution in [2.75, 3.05) is 13.7 Å². The molecule has 0 saturated carbocycles. The first-order valence-electron chi connectivity index (χ1n) is 12.8. The van der Waals surface area contributed by atoms with Crippen molar-refractivity contribution in [3.05, 3.63) is 59.7 Å². The summed E-state index contributed by atoms with van der Waals surface area (Å²) in [5, 5.41) is 24.7. The van der Waals surface area contributed by atoms with Crippen molar-refractivity contribution in [1.29, 1.82) is 0 Å². The lowest BCUT2D eigenvalue weighted by Crippen LogP contribution is -2.55. The summed E-state index contributed by atoms with van der Waals surface area (Å²) in [7, 11) is 1.52. The molecule has 190 valence electrons. The molecule has 1 aromatic carbocycles. The van der Waals surface area contributed by atoms with Gasteiger partial charge in [0.2, 0.25) is 5.91 Å². The number of methoxy groups -OCH3 is 1. The van der Waals surface area contributed by atoms with Crippen LogP contribution in [0.2, 0.25) is 0 Å². The molecule has 2 aliphatic carbocycles. The number of ether oxygens (including phenoxy) is 1. The van der Waals surface area contributed by atoms with E-state index < -0.39 is 23.0 Å². The smallest absolute Gasteiger partial charge is 0.235 e. The van der Waals surface area contributed by atoms with Crippen LogP contribution in [0.5, 0.6) is 0 Å². The number of aliphatic hydroxyl groups is 2. The zero-order chi connectivity index (χ0) is 25.4. The van der Waals surface area contributed by atoms with Gasteiger partial charge in [-0.1, -0.05) is 62.4 Å². The van der Waals surface area contributed by atoms with E-state index in [1.807, 2.05) is 55.5 Å². The molecule has 8 atom stereocenters. The Morgan fingerprint density at radius 2 is 1.89 bits per heavy atom. The SMILES string of the molecule is CO[C@H]1CC(=O)[C@]23C(=O)N[C@H](Cc4ccccc4)[C@H]2[C@@H](C)C(CO)=C[C@H]3/C=C/C[C@@H](C)C[C@@]1(C)O. The third-order valence-electron chi connectivity index (χ3n) is 8.63. The molecule has 1 aliphatic heterocycles. The summed E-state index contributed by atoms with van der Waals surface area (Å²) in [6, 6.07) is 9.72. The van der Waals surface area contributed by atoms with Crippen molar-refractivity contribution in [3.8, 4) is 0 Å². The van der Waals surface area contributed by atoms with Crippen LogP contribution in [-0.2, 0) is 20.7 Å². The summed E-state index contributed by atoms with van der Waals surface area (Å²) in [4.78, 5) is 28.2. The molecule has 6 nitrogen and oxygen atoms in total. The van der Waals surface area contributed by atoms with Crippen LogP contribution in [0.1, 0.15) is 45.6 Å². The minimum atomic E-state index is -1.31. The Morgan fingerprint density at radius 1 is 1.17 bits per heavy atom. The van der Waals surface area contributed by atoms with Crippen molar-refractivity contribution in [2.45, 2.75) is 64.2 Å². The van der Waals surface area contributed by atoms with E-state index in [1.165, 1.54) is 7.11 Å². The van der Waals surface area contributed by atoms with Gasteiger partial charge in [0.15, 0.2) is 5.78 Å². The lowest BCUT2D eigenvalue weighted by atomic mass is 9.54. The van der Waals surface area contributed by atoms with Gasteiger partial charge in [0.25, 0.3) is 0 Å². The van der Waals surface area contributed by atoms with Gasteiger partial charge in [-0.25, -0.2) is 0 Å². The molecule has 0 unspecified atom stereocenters. The molecule has 1 spiro atoms. The van der Waals surface area contributed by atoms with E-state index in [0.717, 1.165) is 11.1 Å². The van der Waals surface area contributed by atoms with Gasteiger partial charge in [-0.05, 0) is 49.2 Å². The second-order valence-corrected chi connectivity index (χ2v) is 11.1. The predicted molar refractivity (Wildman–Crippen MR) is 134 cm³/mol. The highest BCUT2D eigenvalue weighted by Crippen LogP contribution is 2.55. The van der Waals surface area contributed by atoms with E-state index in [-0.39, 0.29) is 48.5 Å². The molecule has 1 heterocycles. The van der Waals surface area contributed by atoms with E-state index in [1.54, 1.807) is 6.92 Å². The number of benzene rings is 1. The number of hydrogen-bond donors (Lipinski definition) is 3. The minimum absolute atomic E-state index is 0.0441. The minimum Gasteiger partial charge on any atom is -0.392 e. The molecule has 1 aromatic rings. The molecule has 0 bridgehead atoms. The quantitative estimate of drug-likeness (QED) is 0.453. The Labute approximate surface area is 208 Å². The van der Waals surface area contributed by atoms with Gasteiger partial charge in [0.05, 0.1) is 18.3 Å². The largest absolute Gasteiger partial charge is 0.392 e. The Hall–Kier alpha value is -2.28. The maximum absolute atomic E-state index is 14.3. The fourth-order valence-corrected chi connectivity index (χ4v) is 6.93. The third kappa shape index (κ3) is 4.52. The number of allylic oxidation sites excluding steroid dienone is 3. The summed E-state index contributed by atoms with van der Waals surface area (Å²) in [6.45, 7) is 5.70. The molecule has 3 aliphatic rings. The number of amides is 1. The van der Waals surface area contributed by atoms with Crippen molar-refractivity contribution in [2.24, 2.45) is 29.1 Å². The van der Waals surface area contributed by atoms with Crippen LogP contribution in [0.15, 0.2) is 54.1 Å². The highest BCUT2D eigenvalue weighted by molar-refractivity contribution is 6.09. The number of aliphatic hydroxyl groups excluding tert-OH is 1. The van der Waals surface area contributed by atoms with E-state index in [0.29, 0.717) is 19.3 Å². The van der Waals surface area contributed by atoms with Gasteiger partial charge in [-0.3, -0.25) is 9.59 Å². The summed E-state index contributed by atoms with van der Waals surface area (Å²) in [5.41, 5.74) is -0.561. The molecule has 35 heavy (non-hydrogen) atoms. The molecule has 4 rings (SSSR count). The van der Waals surface area contributed by atoms with Gasteiger partial charge in [-0.15, -0.1) is 0 Å². The first kappa shape index (κ1) is 25.8. The zero-order valence-electron chi connectivity index (χ0n) is 21.2.